The van der Waals surface area contributed by atoms with Crippen LogP contribution in [0.2, 0.25) is 0 Å². The average Bonchev–Trinajstić information content (AvgIpc) is 2.69. The van der Waals surface area contributed by atoms with Crippen LogP contribution in [0.5, 0.6) is 0 Å². The molecule has 0 bridgehead atoms. The van der Waals surface area contributed by atoms with Crippen molar-refractivity contribution in [3.05, 3.63) is 65.6 Å². The Morgan fingerprint density at radius 3 is 2.26 bits per heavy atom. The van der Waals surface area contributed by atoms with Crippen LogP contribution in [0.3, 0.4) is 0 Å². The molecule has 4 nitrogen and oxygen atoms in total. The first-order valence-corrected chi connectivity index (χ1v) is 10.00. The number of nitrogens with zero attached hydrogens (tertiary/aromatic N) is 3. The van der Waals surface area contributed by atoms with Gasteiger partial charge < -0.3 is 4.90 Å². The molecule has 6 heteroatoms. The Bertz CT molecular complexity index is 926. The predicted molar refractivity (Wildman–Crippen MR) is 107 cm³/mol. The minimum absolute atomic E-state index is 0.0905. The lowest BCUT2D eigenvalue weighted by molar-refractivity contribution is -0.127. The number of amides is 1. The van der Waals surface area contributed by atoms with Gasteiger partial charge in [-0.3, -0.25) is 4.79 Å². The molecule has 0 atom stereocenters. The second kappa shape index (κ2) is 8.95. The summed E-state index contributed by atoms with van der Waals surface area (Å²) >= 11 is 1.41. The van der Waals surface area contributed by atoms with E-state index >= 15 is 0 Å². The number of rotatable bonds is 7. The monoisotopic (exact) mass is 383 g/mol. The maximum atomic E-state index is 13.2. The summed E-state index contributed by atoms with van der Waals surface area (Å²) in [5.41, 5.74) is 3.38. The molecule has 27 heavy (non-hydrogen) atoms. The van der Waals surface area contributed by atoms with Crippen molar-refractivity contribution in [3.63, 3.8) is 0 Å². The van der Waals surface area contributed by atoms with Crippen LogP contribution in [0.25, 0.3) is 11.0 Å². The summed E-state index contributed by atoms with van der Waals surface area (Å²) in [4.78, 5) is 23.7. The summed E-state index contributed by atoms with van der Waals surface area (Å²) in [6, 6.07) is 14.1. The summed E-state index contributed by atoms with van der Waals surface area (Å²) < 4.78 is 13.2. The minimum Gasteiger partial charge on any atom is -0.343 e. The third-order valence-corrected chi connectivity index (χ3v) is 5.33. The quantitative estimate of drug-likeness (QED) is 0.570. The first-order chi connectivity index (χ1) is 13.1. The lowest BCUT2D eigenvalue weighted by Gasteiger charge is -2.18. The van der Waals surface area contributed by atoms with Gasteiger partial charge in [0.1, 0.15) is 10.8 Å². The molecule has 3 rings (SSSR count). The van der Waals surface area contributed by atoms with Gasteiger partial charge in [0.15, 0.2) is 0 Å². The standard InChI is InChI=1S/C21H22FN3OS/c1-3-25(4-2)20(26)14-27-21-19(13-15-9-11-16(22)12-10-15)23-17-7-5-6-8-18(17)24-21/h5-12H,3-4,13-14H2,1-2H3. The summed E-state index contributed by atoms with van der Waals surface area (Å²) in [5.74, 6) is 0.154. The van der Waals surface area contributed by atoms with E-state index in [4.69, 9.17) is 9.97 Å². The van der Waals surface area contributed by atoms with E-state index in [1.165, 1.54) is 23.9 Å². The Morgan fingerprint density at radius 1 is 1.00 bits per heavy atom. The van der Waals surface area contributed by atoms with E-state index in [-0.39, 0.29) is 11.7 Å². The fourth-order valence-electron chi connectivity index (χ4n) is 2.84. The molecule has 0 unspecified atom stereocenters. The Balaban J connectivity index is 1.89. The molecule has 2 aromatic carbocycles. The van der Waals surface area contributed by atoms with Crippen LogP contribution < -0.4 is 0 Å². The van der Waals surface area contributed by atoms with Gasteiger partial charge in [0, 0.05) is 19.5 Å². The molecule has 0 spiro atoms. The molecule has 0 radical (unpaired) electrons. The van der Waals surface area contributed by atoms with Crippen molar-refractivity contribution in [1.29, 1.82) is 0 Å². The lowest BCUT2D eigenvalue weighted by atomic mass is 10.1. The first kappa shape index (κ1) is 19.3. The number of benzene rings is 2. The van der Waals surface area contributed by atoms with Gasteiger partial charge in [-0.25, -0.2) is 14.4 Å². The molecular weight excluding hydrogens is 361 g/mol. The number of carbonyl (C=O) groups is 1. The average molecular weight is 383 g/mol. The fraction of sp³-hybridized carbons (Fsp3) is 0.286. The zero-order valence-electron chi connectivity index (χ0n) is 15.5. The van der Waals surface area contributed by atoms with Crippen molar-refractivity contribution >= 4 is 28.7 Å². The highest BCUT2D eigenvalue weighted by Crippen LogP contribution is 2.25. The first-order valence-electron chi connectivity index (χ1n) is 9.01. The van der Waals surface area contributed by atoms with Gasteiger partial charge in [-0.05, 0) is 43.7 Å². The zero-order valence-corrected chi connectivity index (χ0v) is 16.3. The number of carbonyl (C=O) groups excluding carboxylic acids is 1. The normalized spacial score (nSPS) is 10.9. The van der Waals surface area contributed by atoms with E-state index in [9.17, 15) is 9.18 Å². The molecule has 1 heterocycles. The van der Waals surface area contributed by atoms with Crippen molar-refractivity contribution in [2.75, 3.05) is 18.8 Å². The minimum atomic E-state index is -0.261. The lowest BCUT2D eigenvalue weighted by Crippen LogP contribution is -2.31. The van der Waals surface area contributed by atoms with E-state index in [0.29, 0.717) is 25.3 Å². The third kappa shape index (κ3) is 4.83. The summed E-state index contributed by atoms with van der Waals surface area (Å²) in [7, 11) is 0. The largest absolute Gasteiger partial charge is 0.343 e. The number of halogens is 1. The number of aromatic nitrogens is 2. The van der Waals surface area contributed by atoms with Gasteiger partial charge in [0.25, 0.3) is 0 Å². The molecule has 3 aromatic rings. The summed E-state index contributed by atoms with van der Waals surface area (Å²) in [6.45, 7) is 5.34. The SMILES string of the molecule is CCN(CC)C(=O)CSc1nc2ccccc2nc1Cc1ccc(F)cc1. The second-order valence-corrected chi connectivity index (χ2v) is 7.09. The van der Waals surface area contributed by atoms with Crippen LogP contribution in [-0.4, -0.2) is 39.6 Å². The predicted octanol–water partition coefficient (Wildman–Crippen LogP) is 4.32. The molecule has 1 amide bonds. The van der Waals surface area contributed by atoms with Gasteiger partial charge >= 0.3 is 0 Å². The summed E-state index contributed by atoms with van der Waals surface area (Å²) in [6.07, 6.45) is 0.542. The maximum Gasteiger partial charge on any atom is 0.232 e. The van der Waals surface area contributed by atoms with E-state index in [1.54, 1.807) is 17.0 Å². The number of hydrogen-bond acceptors (Lipinski definition) is 4. The van der Waals surface area contributed by atoms with Crippen molar-refractivity contribution in [1.82, 2.24) is 14.9 Å². The van der Waals surface area contributed by atoms with Crippen LogP contribution in [0.1, 0.15) is 25.1 Å². The molecule has 140 valence electrons. The third-order valence-electron chi connectivity index (χ3n) is 4.34. The molecule has 0 saturated heterocycles. The van der Waals surface area contributed by atoms with E-state index in [1.807, 2.05) is 38.1 Å². The smallest absolute Gasteiger partial charge is 0.232 e. The van der Waals surface area contributed by atoms with Gasteiger partial charge in [-0.2, -0.15) is 0 Å². The van der Waals surface area contributed by atoms with Crippen LogP contribution in [0, 0.1) is 5.82 Å². The molecule has 0 aliphatic rings. The van der Waals surface area contributed by atoms with Crippen LogP contribution in [-0.2, 0) is 11.2 Å². The van der Waals surface area contributed by atoms with E-state index in [2.05, 4.69) is 0 Å². The number of para-hydroxylation sites is 2. The molecular formula is C21H22FN3OS. The van der Waals surface area contributed by atoms with Crippen molar-refractivity contribution < 1.29 is 9.18 Å². The van der Waals surface area contributed by atoms with E-state index < -0.39 is 0 Å². The molecule has 0 aliphatic heterocycles. The van der Waals surface area contributed by atoms with Gasteiger partial charge in [0.2, 0.25) is 5.91 Å². The molecule has 0 saturated carbocycles. The molecule has 0 N–H and O–H groups in total. The molecule has 1 aromatic heterocycles. The van der Waals surface area contributed by atoms with Gasteiger partial charge in [-0.15, -0.1) is 0 Å². The van der Waals surface area contributed by atoms with Crippen LogP contribution >= 0.6 is 11.8 Å². The highest BCUT2D eigenvalue weighted by Gasteiger charge is 2.15. The Morgan fingerprint density at radius 2 is 1.63 bits per heavy atom. The highest BCUT2D eigenvalue weighted by molar-refractivity contribution is 7.99. The van der Waals surface area contributed by atoms with E-state index in [0.717, 1.165) is 27.3 Å². The number of fused-ring (bicyclic) bond motifs is 1. The highest BCUT2D eigenvalue weighted by atomic mass is 32.2. The molecule has 0 fully saturated rings. The molecule has 0 aliphatic carbocycles. The van der Waals surface area contributed by atoms with Crippen LogP contribution in [0.15, 0.2) is 53.6 Å². The number of hydrogen-bond donors (Lipinski definition) is 0. The summed E-state index contributed by atoms with van der Waals surface area (Å²) in [5, 5.41) is 0.749. The van der Waals surface area contributed by atoms with Gasteiger partial charge in [0.05, 0.1) is 22.5 Å². The van der Waals surface area contributed by atoms with Crippen molar-refractivity contribution in [3.8, 4) is 0 Å². The fourth-order valence-corrected chi connectivity index (χ4v) is 3.73. The number of thioether (sulfide) groups is 1. The second-order valence-electron chi connectivity index (χ2n) is 6.12. The topological polar surface area (TPSA) is 46.1 Å². The zero-order chi connectivity index (χ0) is 19.2. The van der Waals surface area contributed by atoms with Crippen molar-refractivity contribution in [2.45, 2.75) is 25.3 Å². The Kier molecular flexibility index (Phi) is 6.40. The van der Waals surface area contributed by atoms with Crippen molar-refractivity contribution in [2.24, 2.45) is 0 Å². The Hall–Kier alpha value is -2.47. The van der Waals surface area contributed by atoms with Gasteiger partial charge in [-0.1, -0.05) is 36.0 Å². The van der Waals surface area contributed by atoms with Crippen LogP contribution in [0.4, 0.5) is 4.39 Å². The Labute approximate surface area is 162 Å². The maximum absolute atomic E-state index is 13.2.